The summed E-state index contributed by atoms with van der Waals surface area (Å²) in [4.78, 5) is 13.4. The second-order valence-corrected chi connectivity index (χ2v) is 1.92. The van der Waals surface area contributed by atoms with E-state index in [0.29, 0.717) is 0 Å². The van der Waals surface area contributed by atoms with Gasteiger partial charge in [-0.05, 0) is 13.8 Å². The molecule has 0 aromatic rings. The summed E-state index contributed by atoms with van der Waals surface area (Å²) in [5.74, 6) is -2.31. The second-order valence-electron chi connectivity index (χ2n) is 1.92. The first-order chi connectivity index (χ1) is 4.84. The molecule has 0 atom stereocenters. The van der Waals surface area contributed by atoms with Gasteiger partial charge in [0.25, 0.3) is 0 Å². The van der Waals surface area contributed by atoms with E-state index in [9.17, 15) is 18.0 Å². The molecule has 64 valence electrons. The Balaban J connectivity index is 4.01. The van der Waals surface area contributed by atoms with Crippen molar-refractivity contribution in [3.05, 3.63) is 0 Å². The number of nitrogens with zero attached hydrogens (tertiary/aromatic N) is 1. The second kappa shape index (κ2) is 3.36. The molecule has 0 unspecified atom stereocenters. The van der Waals surface area contributed by atoms with E-state index in [2.05, 4.69) is 9.99 Å². The minimum atomic E-state index is -4.97. The van der Waals surface area contributed by atoms with E-state index in [1.54, 1.807) is 0 Å². The Kier molecular flexibility index (Phi) is 3.03. The SMILES string of the molecule is CC(C)=NOC(=O)C(F)(F)F. The van der Waals surface area contributed by atoms with Gasteiger partial charge >= 0.3 is 12.1 Å². The maximum absolute atomic E-state index is 11.4. The lowest BCUT2D eigenvalue weighted by atomic mass is 10.5. The summed E-state index contributed by atoms with van der Waals surface area (Å²) in [6, 6.07) is 0. The zero-order valence-corrected chi connectivity index (χ0v) is 5.90. The van der Waals surface area contributed by atoms with Gasteiger partial charge in [0.2, 0.25) is 0 Å². The fourth-order valence-corrected chi connectivity index (χ4v) is 0.184. The van der Waals surface area contributed by atoms with Gasteiger partial charge in [-0.25, -0.2) is 4.79 Å². The van der Waals surface area contributed by atoms with Gasteiger partial charge in [-0.2, -0.15) is 13.2 Å². The lowest BCUT2D eigenvalue weighted by Gasteiger charge is -2.00. The molecule has 11 heavy (non-hydrogen) atoms. The van der Waals surface area contributed by atoms with Crippen LogP contribution < -0.4 is 0 Å². The van der Waals surface area contributed by atoms with Crippen LogP contribution in [0.2, 0.25) is 0 Å². The number of carbonyl (C=O) groups excluding carboxylic acids is 1. The van der Waals surface area contributed by atoms with Crippen molar-refractivity contribution >= 4 is 11.7 Å². The Bertz CT molecular complexity index is 181. The Hall–Kier alpha value is -1.07. The van der Waals surface area contributed by atoms with E-state index in [0.717, 1.165) is 0 Å². The smallest absolute Gasteiger partial charge is 0.309 e. The van der Waals surface area contributed by atoms with Crippen molar-refractivity contribution in [3.63, 3.8) is 0 Å². The first-order valence-electron chi connectivity index (χ1n) is 2.63. The zero-order valence-electron chi connectivity index (χ0n) is 5.90. The average Bonchev–Trinajstić information content (AvgIpc) is 1.80. The van der Waals surface area contributed by atoms with Crippen molar-refractivity contribution in [2.45, 2.75) is 20.0 Å². The molecular formula is C5H6F3NO2. The Morgan fingerprint density at radius 2 is 1.82 bits per heavy atom. The number of oxime groups is 1. The van der Waals surface area contributed by atoms with E-state index in [1.165, 1.54) is 13.8 Å². The molecular weight excluding hydrogens is 163 g/mol. The Labute approximate surface area is 60.8 Å². The Morgan fingerprint density at radius 3 is 2.09 bits per heavy atom. The highest BCUT2D eigenvalue weighted by Crippen LogP contribution is 2.16. The number of hydrogen-bond donors (Lipinski definition) is 0. The molecule has 6 heteroatoms. The van der Waals surface area contributed by atoms with Gasteiger partial charge < -0.3 is 4.84 Å². The van der Waals surface area contributed by atoms with Crippen molar-refractivity contribution in [2.24, 2.45) is 5.16 Å². The molecule has 0 heterocycles. The lowest BCUT2D eigenvalue weighted by Crippen LogP contribution is -2.23. The molecule has 0 bridgehead atoms. The topological polar surface area (TPSA) is 38.7 Å². The molecule has 0 saturated carbocycles. The maximum atomic E-state index is 11.4. The lowest BCUT2D eigenvalue weighted by molar-refractivity contribution is -0.199. The summed E-state index contributed by atoms with van der Waals surface area (Å²) in [7, 11) is 0. The van der Waals surface area contributed by atoms with Crippen LogP contribution in [0.1, 0.15) is 13.8 Å². The van der Waals surface area contributed by atoms with Gasteiger partial charge in [-0.15, -0.1) is 0 Å². The van der Waals surface area contributed by atoms with Crippen LogP contribution in [-0.2, 0) is 9.63 Å². The van der Waals surface area contributed by atoms with Crippen molar-refractivity contribution in [2.75, 3.05) is 0 Å². The fourth-order valence-electron chi connectivity index (χ4n) is 0.184. The highest BCUT2D eigenvalue weighted by Gasteiger charge is 2.41. The molecule has 0 aliphatic heterocycles. The third-order valence-electron chi connectivity index (χ3n) is 0.543. The van der Waals surface area contributed by atoms with Gasteiger partial charge in [-0.1, -0.05) is 5.16 Å². The van der Waals surface area contributed by atoms with Crippen molar-refractivity contribution in [3.8, 4) is 0 Å². The monoisotopic (exact) mass is 169 g/mol. The maximum Gasteiger partial charge on any atom is 0.493 e. The standard InChI is InChI=1S/C5H6F3NO2/c1-3(2)9-11-4(10)5(6,7)8/h1-2H3. The van der Waals surface area contributed by atoms with Crippen LogP contribution in [-0.4, -0.2) is 17.9 Å². The molecule has 0 aliphatic rings. The van der Waals surface area contributed by atoms with Crippen LogP contribution in [0.15, 0.2) is 5.16 Å². The highest BCUT2D eigenvalue weighted by atomic mass is 19.4. The molecule has 0 radical (unpaired) electrons. The number of hydrogen-bond acceptors (Lipinski definition) is 3. The molecule has 0 saturated heterocycles. The first kappa shape index (κ1) is 9.93. The normalized spacial score (nSPS) is 10.6. The number of alkyl halides is 3. The third kappa shape index (κ3) is 4.35. The largest absolute Gasteiger partial charge is 0.493 e. The molecule has 0 fully saturated rings. The van der Waals surface area contributed by atoms with Crippen LogP contribution in [0.5, 0.6) is 0 Å². The average molecular weight is 169 g/mol. The minimum Gasteiger partial charge on any atom is -0.309 e. The quantitative estimate of drug-likeness (QED) is 0.339. The number of carbonyl (C=O) groups is 1. The van der Waals surface area contributed by atoms with E-state index >= 15 is 0 Å². The van der Waals surface area contributed by atoms with Crippen LogP contribution in [0.3, 0.4) is 0 Å². The van der Waals surface area contributed by atoms with E-state index in [-0.39, 0.29) is 5.71 Å². The summed E-state index contributed by atoms with van der Waals surface area (Å²) in [5.41, 5.74) is 0.239. The molecule has 0 aromatic heterocycles. The van der Waals surface area contributed by atoms with Crippen LogP contribution in [0, 0.1) is 0 Å². The molecule has 3 nitrogen and oxygen atoms in total. The minimum absolute atomic E-state index is 0.239. The molecule has 0 amide bonds. The summed E-state index contributed by atoms with van der Waals surface area (Å²) in [5, 5.41) is 2.84. The zero-order chi connectivity index (χ0) is 9.07. The van der Waals surface area contributed by atoms with Crippen LogP contribution >= 0.6 is 0 Å². The summed E-state index contributed by atoms with van der Waals surface area (Å²) < 4.78 is 34.1. The first-order valence-corrected chi connectivity index (χ1v) is 2.63. The third-order valence-corrected chi connectivity index (χ3v) is 0.543. The molecule has 0 spiro atoms. The van der Waals surface area contributed by atoms with Gasteiger partial charge in [0, 0.05) is 0 Å². The summed E-state index contributed by atoms with van der Waals surface area (Å²) >= 11 is 0. The van der Waals surface area contributed by atoms with Gasteiger partial charge in [0.1, 0.15) is 0 Å². The van der Waals surface area contributed by atoms with Crippen molar-refractivity contribution in [1.29, 1.82) is 0 Å². The molecule has 0 aliphatic carbocycles. The predicted octanol–water partition coefficient (Wildman–Crippen LogP) is 1.49. The molecule has 0 N–H and O–H groups in total. The molecule has 0 rings (SSSR count). The van der Waals surface area contributed by atoms with Crippen LogP contribution in [0.25, 0.3) is 0 Å². The van der Waals surface area contributed by atoms with E-state index < -0.39 is 12.1 Å². The van der Waals surface area contributed by atoms with Gasteiger partial charge in [-0.3, -0.25) is 0 Å². The number of halogens is 3. The van der Waals surface area contributed by atoms with Gasteiger partial charge in [0.05, 0.1) is 5.71 Å². The van der Waals surface area contributed by atoms with Crippen molar-refractivity contribution < 1.29 is 22.8 Å². The summed E-state index contributed by atoms with van der Waals surface area (Å²) in [6.45, 7) is 2.81. The summed E-state index contributed by atoms with van der Waals surface area (Å²) in [6.07, 6.45) is -4.97. The Morgan fingerprint density at radius 1 is 1.36 bits per heavy atom. The molecule has 0 aromatic carbocycles. The van der Waals surface area contributed by atoms with E-state index in [4.69, 9.17) is 0 Å². The van der Waals surface area contributed by atoms with E-state index in [1.807, 2.05) is 0 Å². The predicted molar refractivity (Wildman–Crippen MR) is 30.9 cm³/mol. The van der Waals surface area contributed by atoms with Crippen LogP contribution in [0.4, 0.5) is 13.2 Å². The van der Waals surface area contributed by atoms with Gasteiger partial charge in [0.15, 0.2) is 0 Å². The fraction of sp³-hybridized carbons (Fsp3) is 0.600. The van der Waals surface area contributed by atoms with Crippen molar-refractivity contribution in [1.82, 2.24) is 0 Å². The number of rotatable bonds is 1. The highest BCUT2D eigenvalue weighted by molar-refractivity contribution is 5.81.